The van der Waals surface area contributed by atoms with E-state index in [9.17, 15) is 0 Å². The van der Waals surface area contributed by atoms with Crippen LogP contribution in [-0.4, -0.2) is 16.0 Å². The summed E-state index contributed by atoms with van der Waals surface area (Å²) in [6.45, 7) is 0. The van der Waals surface area contributed by atoms with Crippen LogP contribution < -0.4 is 5.32 Å². The first-order valence-electron chi connectivity index (χ1n) is 6.50. The van der Waals surface area contributed by atoms with Crippen LogP contribution in [0.15, 0.2) is 29.0 Å². The molecule has 3 rings (SSSR count). The van der Waals surface area contributed by atoms with Crippen molar-refractivity contribution in [3.05, 3.63) is 29.0 Å². The molecule has 1 aliphatic rings. The molecule has 1 aliphatic carbocycles. The van der Waals surface area contributed by atoms with E-state index >= 15 is 0 Å². The Kier molecular flexibility index (Phi) is 3.46. The molecule has 3 nitrogen and oxygen atoms in total. The van der Waals surface area contributed by atoms with Gasteiger partial charge in [0, 0.05) is 15.9 Å². The van der Waals surface area contributed by atoms with E-state index in [1.165, 1.54) is 32.1 Å². The van der Waals surface area contributed by atoms with E-state index in [0.717, 1.165) is 21.2 Å². The maximum absolute atomic E-state index is 4.40. The molecule has 2 aromatic rings. The third-order valence-electron chi connectivity index (χ3n) is 3.54. The van der Waals surface area contributed by atoms with Gasteiger partial charge in [-0.25, -0.2) is 9.97 Å². The highest BCUT2D eigenvalue weighted by Crippen LogP contribution is 2.26. The standard InChI is InChI=1S/C14H16BrN3/c15-10-6-7-13-12(8-10)14(17-9-16-13)18-11-4-2-1-3-5-11/h6-9,11H,1-5H2,(H,16,17,18). The summed E-state index contributed by atoms with van der Waals surface area (Å²) in [6.07, 6.45) is 8.16. The van der Waals surface area contributed by atoms with Crippen LogP contribution in [0, 0.1) is 0 Å². The van der Waals surface area contributed by atoms with E-state index in [1.807, 2.05) is 12.1 Å². The minimum atomic E-state index is 0.566. The summed E-state index contributed by atoms with van der Waals surface area (Å²) in [6, 6.07) is 6.68. The van der Waals surface area contributed by atoms with Crippen molar-refractivity contribution in [1.82, 2.24) is 9.97 Å². The van der Waals surface area contributed by atoms with Crippen molar-refractivity contribution in [3.63, 3.8) is 0 Å². The van der Waals surface area contributed by atoms with Crippen molar-refractivity contribution < 1.29 is 0 Å². The summed E-state index contributed by atoms with van der Waals surface area (Å²) in [7, 11) is 0. The molecule has 18 heavy (non-hydrogen) atoms. The fraction of sp³-hybridized carbons (Fsp3) is 0.429. The van der Waals surface area contributed by atoms with Crippen LogP contribution in [0.1, 0.15) is 32.1 Å². The third-order valence-corrected chi connectivity index (χ3v) is 4.04. The first-order valence-corrected chi connectivity index (χ1v) is 7.29. The highest BCUT2D eigenvalue weighted by Gasteiger charge is 2.14. The summed E-state index contributed by atoms with van der Waals surface area (Å²) >= 11 is 3.51. The Morgan fingerprint density at radius 3 is 2.78 bits per heavy atom. The molecule has 0 spiro atoms. The lowest BCUT2D eigenvalue weighted by atomic mass is 9.95. The van der Waals surface area contributed by atoms with Crippen molar-refractivity contribution in [2.75, 3.05) is 5.32 Å². The van der Waals surface area contributed by atoms with Gasteiger partial charge in [-0.3, -0.25) is 0 Å². The predicted molar refractivity (Wildman–Crippen MR) is 77.7 cm³/mol. The third kappa shape index (κ3) is 2.48. The summed E-state index contributed by atoms with van der Waals surface area (Å²) in [4.78, 5) is 8.70. The maximum atomic E-state index is 4.40. The van der Waals surface area contributed by atoms with Crippen molar-refractivity contribution in [2.24, 2.45) is 0 Å². The van der Waals surface area contributed by atoms with Gasteiger partial charge in [0.05, 0.1) is 5.52 Å². The number of anilines is 1. The molecule has 0 aliphatic heterocycles. The molecule has 94 valence electrons. The van der Waals surface area contributed by atoms with Gasteiger partial charge in [-0.05, 0) is 31.0 Å². The Labute approximate surface area is 115 Å². The molecule has 4 heteroatoms. The second kappa shape index (κ2) is 5.22. The highest BCUT2D eigenvalue weighted by atomic mass is 79.9. The first kappa shape index (κ1) is 11.9. The zero-order valence-corrected chi connectivity index (χ0v) is 11.8. The molecule has 1 aromatic carbocycles. The summed E-state index contributed by atoms with van der Waals surface area (Å²) in [5.74, 6) is 0.966. The van der Waals surface area contributed by atoms with Crippen LogP contribution in [0.2, 0.25) is 0 Å². The second-order valence-electron chi connectivity index (χ2n) is 4.86. The molecule has 0 unspecified atom stereocenters. The van der Waals surface area contributed by atoms with Crippen molar-refractivity contribution in [3.8, 4) is 0 Å². The Bertz CT molecular complexity index is 550. The molecule has 0 amide bonds. The van der Waals surface area contributed by atoms with Crippen LogP contribution in [0.25, 0.3) is 10.9 Å². The van der Waals surface area contributed by atoms with Crippen LogP contribution in [0.4, 0.5) is 5.82 Å². The Balaban J connectivity index is 1.92. The number of aromatic nitrogens is 2. The number of nitrogens with zero attached hydrogens (tertiary/aromatic N) is 2. The zero-order valence-electron chi connectivity index (χ0n) is 10.2. The van der Waals surface area contributed by atoms with Gasteiger partial charge < -0.3 is 5.32 Å². The fourth-order valence-electron chi connectivity index (χ4n) is 2.58. The molecule has 0 saturated heterocycles. The van der Waals surface area contributed by atoms with Gasteiger partial charge in [-0.1, -0.05) is 35.2 Å². The number of benzene rings is 1. The summed E-state index contributed by atoms with van der Waals surface area (Å²) in [5, 5.41) is 4.67. The number of fused-ring (bicyclic) bond motifs is 1. The molecular formula is C14H16BrN3. The van der Waals surface area contributed by atoms with E-state index in [0.29, 0.717) is 6.04 Å². The number of hydrogen-bond acceptors (Lipinski definition) is 3. The van der Waals surface area contributed by atoms with Gasteiger partial charge in [-0.2, -0.15) is 0 Å². The van der Waals surface area contributed by atoms with E-state index in [-0.39, 0.29) is 0 Å². The number of rotatable bonds is 2. The molecule has 1 aromatic heterocycles. The van der Waals surface area contributed by atoms with Crippen LogP contribution >= 0.6 is 15.9 Å². The lowest BCUT2D eigenvalue weighted by Crippen LogP contribution is -2.23. The largest absolute Gasteiger partial charge is 0.367 e. The van der Waals surface area contributed by atoms with Crippen LogP contribution in [0.3, 0.4) is 0 Å². The Morgan fingerprint density at radius 1 is 1.11 bits per heavy atom. The number of halogens is 1. The minimum Gasteiger partial charge on any atom is -0.367 e. The number of hydrogen-bond donors (Lipinski definition) is 1. The lowest BCUT2D eigenvalue weighted by molar-refractivity contribution is 0.462. The molecule has 1 fully saturated rings. The molecule has 0 radical (unpaired) electrons. The topological polar surface area (TPSA) is 37.8 Å². The molecular weight excluding hydrogens is 290 g/mol. The Hall–Kier alpha value is -1.16. The minimum absolute atomic E-state index is 0.566. The molecule has 1 saturated carbocycles. The number of nitrogens with one attached hydrogen (secondary N) is 1. The van der Waals surface area contributed by atoms with E-state index < -0.39 is 0 Å². The predicted octanol–water partition coefficient (Wildman–Crippen LogP) is 4.14. The first-order chi connectivity index (χ1) is 8.83. The van der Waals surface area contributed by atoms with E-state index in [4.69, 9.17) is 0 Å². The van der Waals surface area contributed by atoms with E-state index in [2.05, 4.69) is 37.3 Å². The lowest BCUT2D eigenvalue weighted by Gasteiger charge is -2.23. The molecule has 1 heterocycles. The van der Waals surface area contributed by atoms with Crippen LogP contribution in [0.5, 0.6) is 0 Å². The summed E-state index contributed by atoms with van der Waals surface area (Å²) in [5.41, 5.74) is 0.992. The van der Waals surface area contributed by atoms with Gasteiger partial charge in [0.25, 0.3) is 0 Å². The normalized spacial score (nSPS) is 16.9. The van der Waals surface area contributed by atoms with Crippen molar-refractivity contribution >= 4 is 32.7 Å². The summed E-state index contributed by atoms with van der Waals surface area (Å²) < 4.78 is 1.07. The monoisotopic (exact) mass is 305 g/mol. The van der Waals surface area contributed by atoms with Gasteiger partial charge in [-0.15, -0.1) is 0 Å². The van der Waals surface area contributed by atoms with Gasteiger partial charge in [0.15, 0.2) is 0 Å². The maximum Gasteiger partial charge on any atom is 0.137 e. The van der Waals surface area contributed by atoms with Gasteiger partial charge >= 0.3 is 0 Å². The highest BCUT2D eigenvalue weighted by molar-refractivity contribution is 9.10. The second-order valence-corrected chi connectivity index (χ2v) is 5.78. The molecule has 1 N–H and O–H groups in total. The van der Waals surface area contributed by atoms with Crippen molar-refractivity contribution in [1.29, 1.82) is 0 Å². The average Bonchev–Trinajstić information content (AvgIpc) is 2.41. The smallest absolute Gasteiger partial charge is 0.137 e. The quantitative estimate of drug-likeness (QED) is 0.906. The van der Waals surface area contributed by atoms with Crippen molar-refractivity contribution in [2.45, 2.75) is 38.1 Å². The Morgan fingerprint density at radius 2 is 1.94 bits per heavy atom. The SMILES string of the molecule is Brc1ccc2ncnc(NC3CCCCC3)c2c1. The molecule has 0 atom stereocenters. The zero-order chi connectivity index (χ0) is 12.4. The van der Waals surface area contributed by atoms with Crippen LogP contribution in [-0.2, 0) is 0 Å². The average molecular weight is 306 g/mol. The van der Waals surface area contributed by atoms with Gasteiger partial charge in [0.2, 0.25) is 0 Å². The fourth-order valence-corrected chi connectivity index (χ4v) is 2.95. The van der Waals surface area contributed by atoms with E-state index in [1.54, 1.807) is 6.33 Å². The van der Waals surface area contributed by atoms with Gasteiger partial charge in [0.1, 0.15) is 12.1 Å². The molecule has 0 bridgehead atoms.